The maximum atomic E-state index is 3.45. The van der Waals surface area contributed by atoms with Crippen molar-refractivity contribution < 1.29 is 0 Å². The Morgan fingerprint density at radius 2 is 1.90 bits per heavy atom. The third-order valence-electron chi connectivity index (χ3n) is 4.49. The monoisotopic (exact) mass is 294 g/mol. The lowest BCUT2D eigenvalue weighted by Crippen LogP contribution is -2.51. The first-order chi connectivity index (χ1) is 9.83. The molecule has 3 heterocycles. The summed E-state index contributed by atoms with van der Waals surface area (Å²) in [6.07, 6.45) is 0. The molecule has 2 aliphatic rings. The number of hydrogen-bond donors (Lipinski definition) is 1. The largest absolute Gasteiger partial charge is 0.314 e. The van der Waals surface area contributed by atoms with Crippen LogP contribution < -0.4 is 5.32 Å². The van der Waals surface area contributed by atoms with Crippen LogP contribution in [0, 0.1) is 0 Å². The first kappa shape index (κ1) is 14.5. The highest BCUT2D eigenvalue weighted by atomic mass is 32.1. The number of nitrogens with zero attached hydrogens (tertiary/aromatic N) is 3. The van der Waals surface area contributed by atoms with Crippen LogP contribution in [0.3, 0.4) is 0 Å². The van der Waals surface area contributed by atoms with Gasteiger partial charge in [-0.05, 0) is 18.5 Å². The van der Waals surface area contributed by atoms with Gasteiger partial charge in [0.2, 0.25) is 0 Å². The van der Waals surface area contributed by atoms with Crippen LogP contribution in [0.2, 0.25) is 0 Å². The number of rotatable bonds is 4. The molecule has 1 aromatic heterocycles. The Bertz CT molecular complexity index is 381. The van der Waals surface area contributed by atoms with Crippen LogP contribution >= 0.6 is 11.3 Å². The number of thiophene rings is 1. The molecule has 2 saturated heterocycles. The minimum atomic E-state index is 0.585. The number of piperazine rings is 2. The predicted octanol–water partition coefficient (Wildman–Crippen LogP) is 0.942. The smallest absolute Gasteiger partial charge is 0.0569 e. The van der Waals surface area contributed by atoms with Crippen molar-refractivity contribution in [3.05, 3.63) is 22.4 Å². The molecule has 0 aliphatic carbocycles. The van der Waals surface area contributed by atoms with Crippen molar-refractivity contribution >= 4 is 11.3 Å². The summed E-state index contributed by atoms with van der Waals surface area (Å²) in [5.74, 6) is 0. The molecule has 1 N–H and O–H groups in total. The van der Waals surface area contributed by atoms with Crippen molar-refractivity contribution in [2.24, 2.45) is 0 Å². The van der Waals surface area contributed by atoms with E-state index in [1.807, 2.05) is 11.3 Å². The summed E-state index contributed by atoms with van der Waals surface area (Å²) in [7, 11) is 2.23. The minimum absolute atomic E-state index is 0.585. The van der Waals surface area contributed by atoms with E-state index in [-0.39, 0.29) is 0 Å². The lowest BCUT2D eigenvalue weighted by Gasteiger charge is -2.40. The molecule has 0 bridgehead atoms. The molecule has 0 aromatic carbocycles. The molecule has 5 heteroatoms. The quantitative estimate of drug-likeness (QED) is 0.892. The summed E-state index contributed by atoms with van der Waals surface area (Å²) in [6, 6.07) is 5.10. The van der Waals surface area contributed by atoms with Crippen molar-refractivity contribution in [2.45, 2.75) is 6.04 Å². The van der Waals surface area contributed by atoms with Gasteiger partial charge in [0.1, 0.15) is 0 Å². The zero-order chi connectivity index (χ0) is 13.8. The fraction of sp³-hybridized carbons (Fsp3) is 0.733. The molecule has 3 rings (SSSR count). The number of hydrogen-bond acceptors (Lipinski definition) is 5. The van der Waals surface area contributed by atoms with Gasteiger partial charge in [0, 0.05) is 63.8 Å². The Morgan fingerprint density at radius 1 is 1.15 bits per heavy atom. The Hall–Kier alpha value is -0.460. The predicted molar refractivity (Wildman–Crippen MR) is 85.4 cm³/mol. The molecular formula is C15H26N4S. The van der Waals surface area contributed by atoms with Crippen molar-refractivity contribution in [3.8, 4) is 0 Å². The first-order valence-electron chi connectivity index (χ1n) is 7.72. The maximum absolute atomic E-state index is 3.45. The molecule has 1 aromatic rings. The molecule has 0 spiro atoms. The second-order valence-electron chi connectivity index (χ2n) is 5.92. The Labute approximate surface area is 126 Å². The van der Waals surface area contributed by atoms with Crippen LogP contribution in [0.5, 0.6) is 0 Å². The summed E-state index contributed by atoms with van der Waals surface area (Å²) >= 11 is 1.92. The van der Waals surface area contributed by atoms with Gasteiger partial charge >= 0.3 is 0 Å². The van der Waals surface area contributed by atoms with Crippen LogP contribution in [0.4, 0.5) is 0 Å². The second kappa shape index (κ2) is 7.00. The lowest BCUT2D eigenvalue weighted by atomic mass is 10.1. The van der Waals surface area contributed by atoms with Gasteiger partial charge in [-0.2, -0.15) is 0 Å². The van der Waals surface area contributed by atoms with Crippen molar-refractivity contribution in [2.75, 3.05) is 66.0 Å². The Morgan fingerprint density at radius 3 is 2.55 bits per heavy atom. The van der Waals surface area contributed by atoms with E-state index in [2.05, 4.69) is 44.6 Å². The van der Waals surface area contributed by atoms with Crippen LogP contribution in [0.15, 0.2) is 17.5 Å². The fourth-order valence-electron chi connectivity index (χ4n) is 3.14. The molecule has 2 fully saturated rings. The summed E-state index contributed by atoms with van der Waals surface area (Å²) < 4.78 is 0. The molecule has 1 unspecified atom stereocenters. The third kappa shape index (κ3) is 3.59. The molecule has 1 atom stereocenters. The molecule has 20 heavy (non-hydrogen) atoms. The van der Waals surface area contributed by atoms with Gasteiger partial charge < -0.3 is 10.2 Å². The van der Waals surface area contributed by atoms with E-state index in [4.69, 9.17) is 0 Å². The zero-order valence-electron chi connectivity index (χ0n) is 12.4. The summed E-state index contributed by atoms with van der Waals surface area (Å²) in [6.45, 7) is 10.6. The van der Waals surface area contributed by atoms with Crippen LogP contribution in [0.25, 0.3) is 0 Å². The molecule has 0 radical (unpaired) electrons. The highest BCUT2D eigenvalue weighted by Crippen LogP contribution is 2.27. The third-order valence-corrected chi connectivity index (χ3v) is 5.46. The Kier molecular flexibility index (Phi) is 5.07. The van der Waals surface area contributed by atoms with Crippen LogP contribution in [0.1, 0.15) is 10.9 Å². The topological polar surface area (TPSA) is 21.8 Å². The zero-order valence-corrected chi connectivity index (χ0v) is 13.2. The van der Waals surface area contributed by atoms with Gasteiger partial charge in [0.25, 0.3) is 0 Å². The van der Waals surface area contributed by atoms with Gasteiger partial charge in [-0.3, -0.25) is 9.80 Å². The molecule has 0 saturated carbocycles. The van der Waals surface area contributed by atoms with Crippen LogP contribution in [-0.2, 0) is 0 Å². The standard InChI is InChI=1S/C15H26N4S/c1-17-8-10-19(11-9-17)14(15-3-2-12-20-15)13-18-6-4-16-5-7-18/h2-3,12,14,16H,4-11,13H2,1H3. The number of nitrogens with one attached hydrogen (secondary N) is 1. The van der Waals surface area contributed by atoms with Gasteiger partial charge in [-0.25, -0.2) is 0 Å². The maximum Gasteiger partial charge on any atom is 0.0569 e. The van der Waals surface area contributed by atoms with E-state index in [0.29, 0.717) is 6.04 Å². The van der Waals surface area contributed by atoms with Gasteiger partial charge in [-0.15, -0.1) is 11.3 Å². The van der Waals surface area contributed by atoms with E-state index >= 15 is 0 Å². The average molecular weight is 294 g/mol. The molecule has 4 nitrogen and oxygen atoms in total. The first-order valence-corrected chi connectivity index (χ1v) is 8.60. The molecule has 0 amide bonds. The van der Waals surface area contributed by atoms with Crippen molar-refractivity contribution in [3.63, 3.8) is 0 Å². The van der Waals surface area contributed by atoms with Gasteiger partial charge in [0.15, 0.2) is 0 Å². The van der Waals surface area contributed by atoms with Gasteiger partial charge in [-0.1, -0.05) is 6.07 Å². The summed E-state index contributed by atoms with van der Waals surface area (Å²) in [4.78, 5) is 9.29. The highest BCUT2D eigenvalue weighted by Gasteiger charge is 2.26. The fourth-order valence-corrected chi connectivity index (χ4v) is 3.99. The lowest BCUT2D eigenvalue weighted by molar-refractivity contribution is 0.0832. The minimum Gasteiger partial charge on any atom is -0.314 e. The molecular weight excluding hydrogens is 268 g/mol. The van der Waals surface area contributed by atoms with E-state index in [0.717, 1.165) is 13.1 Å². The number of likely N-dealkylation sites (N-methyl/N-ethyl adjacent to an activating group) is 1. The normalized spacial score (nSPS) is 24.9. The van der Waals surface area contributed by atoms with E-state index < -0.39 is 0 Å². The van der Waals surface area contributed by atoms with Crippen LogP contribution in [-0.4, -0.2) is 80.7 Å². The molecule has 112 valence electrons. The van der Waals surface area contributed by atoms with Gasteiger partial charge in [0.05, 0.1) is 6.04 Å². The summed E-state index contributed by atoms with van der Waals surface area (Å²) in [5.41, 5.74) is 0. The van der Waals surface area contributed by atoms with E-state index in [1.54, 1.807) is 0 Å². The van der Waals surface area contributed by atoms with Crippen molar-refractivity contribution in [1.29, 1.82) is 0 Å². The average Bonchev–Trinajstić information content (AvgIpc) is 3.01. The Balaban J connectivity index is 1.67. The second-order valence-corrected chi connectivity index (χ2v) is 6.90. The van der Waals surface area contributed by atoms with E-state index in [1.165, 1.54) is 50.7 Å². The summed E-state index contributed by atoms with van der Waals surface area (Å²) in [5, 5.41) is 5.67. The van der Waals surface area contributed by atoms with Crippen molar-refractivity contribution in [1.82, 2.24) is 20.0 Å². The van der Waals surface area contributed by atoms with E-state index in [9.17, 15) is 0 Å². The SMILES string of the molecule is CN1CCN(C(CN2CCNCC2)c2cccs2)CC1. The molecule has 2 aliphatic heterocycles. The highest BCUT2D eigenvalue weighted by molar-refractivity contribution is 7.10.